The second kappa shape index (κ2) is 6.60. The van der Waals surface area contributed by atoms with Gasteiger partial charge in [0.25, 0.3) is 0 Å². The summed E-state index contributed by atoms with van der Waals surface area (Å²) in [5.74, 6) is 1.08. The van der Waals surface area contributed by atoms with Gasteiger partial charge in [0, 0.05) is 13.1 Å². The molecule has 4 heteroatoms. The summed E-state index contributed by atoms with van der Waals surface area (Å²) < 4.78 is 5.41. The van der Waals surface area contributed by atoms with E-state index in [4.69, 9.17) is 4.74 Å². The maximum atomic E-state index is 12.0. The molecule has 0 aromatic rings. The molecule has 1 rings (SSSR count). The van der Waals surface area contributed by atoms with Gasteiger partial charge < -0.3 is 14.7 Å². The zero-order chi connectivity index (χ0) is 14.6. The summed E-state index contributed by atoms with van der Waals surface area (Å²) in [6, 6.07) is 0. The van der Waals surface area contributed by atoms with E-state index in [1.54, 1.807) is 0 Å². The minimum absolute atomic E-state index is 0.201. The number of carbonyl (C=O) groups excluding carboxylic acids is 1. The molecule has 112 valence electrons. The van der Waals surface area contributed by atoms with Crippen molar-refractivity contribution in [2.75, 3.05) is 13.1 Å². The zero-order valence-electron chi connectivity index (χ0n) is 13.0. The molecule has 0 spiro atoms. The summed E-state index contributed by atoms with van der Waals surface area (Å²) in [5, 5.41) is 9.35. The Kier molecular flexibility index (Phi) is 5.65. The number of aliphatic hydroxyl groups excluding tert-OH is 1. The quantitative estimate of drug-likeness (QED) is 0.858. The van der Waals surface area contributed by atoms with Gasteiger partial charge in [-0.3, -0.25) is 0 Å². The van der Waals surface area contributed by atoms with Crippen LogP contribution in [-0.4, -0.2) is 40.9 Å². The van der Waals surface area contributed by atoms with Crippen molar-refractivity contribution in [2.45, 2.75) is 65.6 Å². The molecule has 1 N–H and O–H groups in total. The van der Waals surface area contributed by atoms with Crippen molar-refractivity contribution < 1.29 is 14.6 Å². The Balaban J connectivity index is 2.42. The smallest absolute Gasteiger partial charge is 0.410 e. The van der Waals surface area contributed by atoms with Crippen LogP contribution < -0.4 is 0 Å². The fourth-order valence-corrected chi connectivity index (χ4v) is 2.57. The number of aliphatic hydroxyl groups is 1. The van der Waals surface area contributed by atoms with Crippen molar-refractivity contribution in [2.24, 2.45) is 11.8 Å². The summed E-state index contributed by atoms with van der Waals surface area (Å²) in [6.07, 6.45) is 2.47. The Hall–Kier alpha value is -0.770. The fraction of sp³-hybridized carbons (Fsp3) is 0.933. The van der Waals surface area contributed by atoms with Gasteiger partial charge >= 0.3 is 6.09 Å². The maximum Gasteiger partial charge on any atom is 0.410 e. The van der Waals surface area contributed by atoms with Crippen molar-refractivity contribution in [3.05, 3.63) is 0 Å². The Bertz CT molecular complexity index is 296. The van der Waals surface area contributed by atoms with Crippen LogP contribution in [0, 0.1) is 11.8 Å². The van der Waals surface area contributed by atoms with Gasteiger partial charge in [-0.25, -0.2) is 4.79 Å². The molecule has 1 saturated heterocycles. The lowest BCUT2D eigenvalue weighted by atomic mass is 9.83. The number of ether oxygens (including phenoxy) is 1. The van der Waals surface area contributed by atoms with Gasteiger partial charge in [-0.15, -0.1) is 0 Å². The largest absolute Gasteiger partial charge is 0.444 e. The maximum absolute atomic E-state index is 12.0. The van der Waals surface area contributed by atoms with Crippen LogP contribution in [0.2, 0.25) is 0 Å². The summed E-state index contributed by atoms with van der Waals surface area (Å²) in [6.45, 7) is 11.2. The zero-order valence-corrected chi connectivity index (χ0v) is 13.0. The molecule has 4 nitrogen and oxygen atoms in total. The van der Waals surface area contributed by atoms with Crippen LogP contribution in [0.4, 0.5) is 4.79 Å². The van der Waals surface area contributed by atoms with Crippen LogP contribution >= 0.6 is 0 Å². The van der Waals surface area contributed by atoms with Gasteiger partial charge in [-0.2, -0.15) is 0 Å². The van der Waals surface area contributed by atoms with E-state index in [0.717, 1.165) is 32.4 Å². The first-order valence-corrected chi connectivity index (χ1v) is 7.35. The van der Waals surface area contributed by atoms with Gasteiger partial charge in [0.15, 0.2) is 0 Å². The highest BCUT2D eigenvalue weighted by atomic mass is 16.6. The van der Waals surface area contributed by atoms with Crippen molar-refractivity contribution >= 4 is 6.09 Å². The van der Waals surface area contributed by atoms with E-state index < -0.39 is 5.60 Å². The average Bonchev–Trinajstić information content (AvgIpc) is 2.24. The first-order chi connectivity index (χ1) is 8.69. The first-order valence-electron chi connectivity index (χ1n) is 7.35. The van der Waals surface area contributed by atoms with Crippen LogP contribution in [0.3, 0.4) is 0 Å². The Morgan fingerprint density at radius 2 is 2.11 bits per heavy atom. The van der Waals surface area contributed by atoms with Crippen LogP contribution in [0.15, 0.2) is 0 Å². The Labute approximate surface area is 117 Å². The standard InChI is InChI=1S/C15H29NO3/c1-11-10-16(14(18)19-15(3,4)5)9-8-13(11)7-6-12(2)17/h11-13,17H,6-10H2,1-5H3. The van der Waals surface area contributed by atoms with Crippen molar-refractivity contribution in [3.63, 3.8) is 0 Å². The molecule has 0 saturated carbocycles. The highest BCUT2D eigenvalue weighted by molar-refractivity contribution is 5.68. The molecule has 1 heterocycles. The monoisotopic (exact) mass is 271 g/mol. The van der Waals surface area contributed by atoms with Crippen molar-refractivity contribution in [3.8, 4) is 0 Å². The van der Waals surface area contributed by atoms with Gasteiger partial charge in [-0.05, 0) is 58.8 Å². The molecular weight excluding hydrogens is 242 g/mol. The molecule has 19 heavy (non-hydrogen) atoms. The molecule has 0 aromatic heterocycles. The van der Waals surface area contributed by atoms with E-state index in [0.29, 0.717) is 11.8 Å². The highest BCUT2D eigenvalue weighted by Crippen LogP contribution is 2.28. The van der Waals surface area contributed by atoms with Crippen LogP contribution in [0.5, 0.6) is 0 Å². The van der Waals surface area contributed by atoms with E-state index in [-0.39, 0.29) is 12.2 Å². The second-order valence-corrected chi connectivity index (χ2v) is 6.88. The van der Waals surface area contributed by atoms with Gasteiger partial charge in [0.05, 0.1) is 6.10 Å². The number of nitrogens with zero attached hydrogens (tertiary/aromatic N) is 1. The van der Waals surface area contributed by atoms with Gasteiger partial charge in [0.2, 0.25) is 0 Å². The third-order valence-corrected chi connectivity index (χ3v) is 3.69. The predicted octanol–water partition coefficient (Wildman–Crippen LogP) is 3.04. The summed E-state index contributed by atoms with van der Waals surface area (Å²) in [4.78, 5) is 13.8. The van der Waals surface area contributed by atoms with E-state index in [2.05, 4.69) is 6.92 Å². The lowest BCUT2D eigenvalue weighted by Gasteiger charge is -2.37. The van der Waals surface area contributed by atoms with Crippen molar-refractivity contribution in [1.82, 2.24) is 4.90 Å². The number of carbonyl (C=O) groups is 1. The lowest BCUT2D eigenvalue weighted by molar-refractivity contribution is 0.0101. The Morgan fingerprint density at radius 3 is 2.58 bits per heavy atom. The third kappa shape index (κ3) is 5.81. The fourth-order valence-electron chi connectivity index (χ4n) is 2.57. The van der Waals surface area contributed by atoms with Crippen LogP contribution in [0.1, 0.15) is 53.9 Å². The number of piperidine rings is 1. The number of likely N-dealkylation sites (tertiary alicyclic amines) is 1. The molecule has 0 bridgehead atoms. The van der Waals surface area contributed by atoms with Crippen LogP contribution in [0.25, 0.3) is 0 Å². The summed E-state index contributed by atoms with van der Waals surface area (Å²) in [7, 11) is 0. The molecule has 1 aliphatic rings. The van der Waals surface area contributed by atoms with Gasteiger partial charge in [0.1, 0.15) is 5.60 Å². The third-order valence-electron chi connectivity index (χ3n) is 3.69. The van der Waals surface area contributed by atoms with E-state index in [1.165, 1.54) is 0 Å². The number of hydrogen-bond acceptors (Lipinski definition) is 3. The molecular formula is C15H29NO3. The van der Waals surface area contributed by atoms with E-state index in [9.17, 15) is 9.90 Å². The normalized spacial score (nSPS) is 26.1. The number of amides is 1. The number of hydrogen-bond donors (Lipinski definition) is 1. The number of rotatable bonds is 3. The lowest BCUT2D eigenvalue weighted by Crippen LogP contribution is -2.45. The summed E-state index contributed by atoms with van der Waals surface area (Å²) in [5.41, 5.74) is -0.427. The van der Waals surface area contributed by atoms with Crippen molar-refractivity contribution in [1.29, 1.82) is 0 Å². The minimum Gasteiger partial charge on any atom is -0.444 e. The first kappa shape index (κ1) is 16.3. The molecule has 3 unspecified atom stereocenters. The minimum atomic E-state index is -0.427. The Morgan fingerprint density at radius 1 is 1.47 bits per heavy atom. The molecule has 0 radical (unpaired) electrons. The molecule has 0 aliphatic carbocycles. The topological polar surface area (TPSA) is 49.8 Å². The molecule has 0 aromatic carbocycles. The van der Waals surface area contributed by atoms with E-state index >= 15 is 0 Å². The van der Waals surface area contributed by atoms with Gasteiger partial charge in [-0.1, -0.05) is 6.92 Å². The second-order valence-electron chi connectivity index (χ2n) is 6.88. The van der Waals surface area contributed by atoms with E-state index in [1.807, 2.05) is 32.6 Å². The SMILES string of the molecule is CC(O)CCC1CCN(C(=O)OC(C)(C)C)CC1C. The molecule has 1 fully saturated rings. The highest BCUT2D eigenvalue weighted by Gasteiger charge is 2.30. The predicted molar refractivity (Wildman–Crippen MR) is 76.0 cm³/mol. The summed E-state index contributed by atoms with van der Waals surface area (Å²) >= 11 is 0. The molecule has 3 atom stereocenters. The molecule has 1 aliphatic heterocycles. The molecule has 1 amide bonds. The van der Waals surface area contributed by atoms with Crippen LogP contribution in [-0.2, 0) is 4.74 Å². The average molecular weight is 271 g/mol.